The quantitative estimate of drug-likeness (QED) is 0.592. The van der Waals surface area contributed by atoms with Crippen LogP contribution in [0.3, 0.4) is 0 Å². The van der Waals surface area contributed by atoms with Crippen LogP contribution in [0.15, 0.2) is 36.9 Å². The summed E-state index contributed by atoms with van der Waals surface area (Å²) in [5, 5.41) is 40.8. The molecule has 2 rings (SSSR count). The number of carboxylic acids is 1. The van der Waals surface area contributed by atoms with Gasteiger partial charge in [-0.3, -0.25) is 4.79 Å². The molecule has 8 nitrogen and oxygen atoms in total. The van der Waals surface area contributed by atoms with Crippen LogP contribution < -0.4 is 0 Å². The van der Waals surface area contributed by atoms with Crippen LogP contribution in [-0.2, 0) is 11.8 Å². The molecule has 0 fully saturated rings. The molecule has 9 heteroatoms. The number of aliphatic hydroxyl groups excluding tert-OH is 2. The van der Waals surface area contributed by atoms with E-state index in [1.807, 2.05) is 0 Å². The number of benzene rings is 1. The number of halogens is 1. The molecule has 0 amide bonds. The van der Waals surface area contributed by atoms with Gasteiger partial charge in [0.05, 0.1) is 12.2 Å². The predicted molar refractivity (Wildman–Crippen MR) is 95.1 cm³/mol. The number of aromatic nitrogens is 4. The van der Waals surface area contributed by atoms with Gasteiger partial charge in [0.2, 0.25) is 0 Å². The molecule has 0 spiro atoms. The minimum absolute atomic E-state index is 0.228. The molecule has 1 aromatic heterocycles. The van der Waals surface area contributed by atoms with Crippen LogP contribution in [0.4, 0.5) is 4.39 Å². The summed E-state index contributed by atoms with van der Waals surface area (Å²) >= 11 is 0. The van der Waals surface area contributed by atoms with Crippen molar-refractivity contribution in [3.05, 3.63) is 59.7 Å². The summed E-state index contributed by atoms with van der Waals surface area (Å²) in [5.41, 5.74) is 0.986. The third kappa shape index (κ3) is 5.05. The first-order chi connectivity index (χ1) is 12.7. The van der Waals surface area contributed by atoms with Gasteiger partial charge in [-0.1, -0.05) is 30.9 Å². The summed E-state index contributed by atoms with van der Waals surface area (Å²) in [6, 6.07) is 3.85. The number of aryl methyl sites for hydroxylation is 2. The number of aliphatic hydroxyl groups is 2. The number of nitrogens with zero attached hydrogens (tertiary/aromatic N) is 4. The normalized spacial score (nSPS) is 14.9. The third-order valence-electron chi connectivity index (χ3n) is 4.10. The van der Waals surface area contributed by atoms with Crippen LogP contribution in [-0.4, -0.2) is 53.7 Å². The highest BCUT2D eigenvalue weighted by Gasteiger charge is 2.30. The highest BCUT2D eigenvalue weighted by Crippen LogP contribution is 2.25. The van der Waals surface area contributed by atoms with Gasteiger partial charge in [0.1, 0.15) is 11.7 Å². The van der Waals surface area contributed by atoms with E-state index < -0.39 is 29.9 Å². The molecule has 2 aromatic rings. The van der Waals surface area contributed by atoms with E-state index in [1.54, 1.807) is 7.05 Å². The van der Waals surface area contributed by atoms with E-state index in [-0.39, 0.29) is 17.5 Å². The molecule has 0 saturated heterocycles. The zero-order valence-corrected chi connectivity index (χ0v) is 14.9. The number of aliphatic carboxylic acids is 1. The molecule has 27 heavy (non-hydrogen) atoms. The molecule has 0 aliphatic carbocycles. The van der Waals surface area contributed by atoms with E-state index in [4.69, 9.17) is 0 Å². The minimum atomic E-state index is -1.38. The van der Waals surface area contributed by atoms with Gasteiger partial charge in [-0.2, -0.15) is 0 Å². The second-order valence-electron chi connectivity index (χ2n) is 6.21. The number of hydrogen-bond donors (Lipinski definition) is 3. The van der Waals surface area contributed by atoms with Gasteiger partial charge in [0.15, 0.2) is 5.82 Å². The second-order valence-corrected chi connectivity index (χ2v) is 6.21. The summed E-state index contributed by atoms with van der Waals surface area (Å²) < 4.78 is 14.8. The lowest BCUT2D eigenvalue weighted by Gasteiger charge is -2.21. The number of carboxylic acid groups (broad SMARTS) is 1. The number of carbonyl (C=O) groups is 1. The molecule has 3 atom stereocenters. The Balaban J connectivity index is 2.08. The van der Waals surface area contributed by atoms with Gasteiger partial charge < -0.3 is 15.3 Å². The van der Waals surface area contributed by atoms with Crippen LogP contribution in [0.25, 0.3) is 5.57 Å². The Morgan fingerprint density at radius 2 is 2.11 bits per heavy atom. The second kappa shape index (κ2) is 8.65. The number of hydrogen-bond acceptors (Lipinski definition) is 6. The lowest BCUT2D eigenvalue weighted by atomic mass is 9.89. The lowest BCUT2D eigenvalue weighted by molar-refractivity contribution is -0.142. The summed E-state index contributed by atoms with van der Waals surface area (Å²) in [6.45, 7) is 5.29. The van der Waals surface area contributed by atoms with Crippen LogP contribution in [0.2, 0.25) is 0 Å². The maximum absolute atomic E-state index is 13.4. The van der Waals surface area contributed by atoms with Crippen LogP contribution in [0.1, 0.15) is 29.3 Å². The Morgan fingerprint density at radius 3 is 2.67 bits per heavy atom. The molecule has 0 aliphatic rings. The molecule has 1 aromatic carbocycles. The molecule has 3 unspecified atom stereocenters. The summed E-state index contributed by atoms with van der Waals surface area (Å²) in [5.74, 6) is -2.61. The number of allylic oxidation sites excluding steroid dienone is 2. The maximum Gasteiger partial charge on any atom is 0.313 e. The summed E-state index contributed by atoms with van der Waals surface area (Å²) in [4.78, 5) is 11.6. The molecular formula is C18H21FN4O4. The van der Waals surface area contributed by atoms with Gasteiger partial charge in [-0.05, 0) is 34.5 Å². The first-order valence-corrected chi connectivity index (χ1v) is 8.15. The minimum Gasteiger partial charge on any atom is -0.481 e. The van der Waals surface area contributed by atoms with Crippen molar-refractivity contribution < 1.29 is 24.5 Å². The number of tetrazole rings is 1. The molecule has 1 heterocycles. The predicted octanol–water partition coefficient (Wildman–Crippen LogP) is 1.21. The fourth-order valence-electron chi connectivity index (χ4n) is 2.66. The third-order valence-corrected chi connectivity index (χ3v) is 4.10. The van der Waals surface area contributed by atoms with Gasteiger partial charge in [-0.25, -0.2) is 9.07 Å². The summed E-state index contributed by atoms with van der Waals surface area (Å²) in [6.07, 6.45) is 0.127. The average Bonchev–Trinajstić information content (AvgIpc) is 3.02. The molecule has 144 valence electrons. The van der Waals surface area contributed by atoms with Crippen molar-refractivity contribution in [3.63, 3.8) is 0 Å². The van der Waals surface area contributed by atoms with Crippen molar-refractivity contribution in [2.24, 2.45) is 7.05 Å². The van der Waals surface area contributed by atoms with Crippen molar-refractivity contribution >= 4 is 11.5 Å². The standard InChI is InChI=1S/C18H21FN4O4/c1-10(17-20-21-22-23(17)3)4-6-13(24)9-15(25)16(18(26)27)12-5-7-14(19)11(2)8-12/h4-8,13,15-16,24-25H,1,9H2,2-3H3,(H,26,27). The largest absolute Gasteiger partial charge is 0.481 e. The Bertz CT molecular complexity index is 865. The number of rotatable bonds is 8. The molecule has 0 bridgehead atoms. The van der Waals surface area contributed by atoms with E-state index in [2.05, 4.69) is 22.1 Å². The van der Waals surface area contributed by atoms with Crippen molar-refractivity contribution in [2.45, 2.75) is 31.5 Å². The SMILES string of the molecule is C=C(C=CC(O)CC(O)C(C(=O)O)c1ccc(F)c(C)c1)c1nnnn1C. The molecule has 0 saturated carbocycles. The van der Waals surface area contributed by atoms with E-state index >= 15 is 0 Å². The first kappa shape index (κ1) is 20.4. The van der Waals surface area contributed by atoms with E-state index in [0.717, 1.165) is 6.07 Å². The monoisotopic (exact) mass is 376 g/mol. The Hall–Kier alpha value is -2.91. The van der Waals surface area contributed by atoms with Crippen molar-refractivity contribution in [3.8, 4) is 0 Å². The van der Waals surface area contributed by atoms with Gasteiger partial charge >= 0.3 is 5.97 Å². The molecule has 0 aliphatic heterocycles. The van der Waals surface area contributed by atoms with Crippen molar-refractivity contribution in [2.75, 3.05) is 0 Å². The van der Waals surface area contributed by atoms with E-state index in [1.165, 1.54) is 35.9 Å². The molecule has 0 radical (unpaired) electrons. The van der Waals surface area contributed by atoms with Crippen molar-refractivity contribution in [1.29, 1.82) is 0 Å². The van der Waals surface area contributed by atoms with Gasteiger partial charge in [0, 0.05) is 19.0 Å². The highest BCUT2D eigenvalue weighted by atomic mass is 19.1. The fraction of sp³-hybridized carbons (Fsp3) is 0.333. The fourth-order valence-corrected chi connectivity index (χ4v) is 2.66. The van der Waals surface area contributed by atoms with E-state index in [9.17, 15) is 24.5 Å². The zero-order chi connectivity index (χ0) is 20.1. The Kier molecular flexibility index (Phi) is 6.54. The van der Waals surface area contributed by atoms with Crippen molar-refractivity contribution in [1.82, 2.24) is 20.2 Å². The van der Waals surface area contributed by atoms with Crippen LogP contribution in [0.5, 0.6) is 0 Å². The topological polar surface area (TPSA) is 121 Å². The van der Waals surface area contributed by atoms with E-state index in [0.29, 0.717) is 11.4 Å². The summed E-state index contributed by atoms with van der Waals surface area (Å²) in [7, 11) is 1.64. The first-order valence-electron chi connectivity index (χ1n) is 8.15. The average molecular weight is 376 g/mol. The smallest absolute Gasteiger partial charge is 0.313 e. The molecular weight excluding hydrogens is 355 g/mol. The highest BCUT2D eigenvalue weighted by molar-refractivity contribution is 5.77. The van der Waals surface area contributed by atoms with Crippen LogP contribution >= 0.6 is 0 Å². The van der Waals surface area contributed by atoms with Gasteiger partial charge in [-0.15, -0.1) is 5.10 Å². The Morgan fingerprint density at radius 1 is 1.41 bits per heavy atom. The maximum atomic E-state index is 13.4. The molecule has 3 N–H and O–H groups in total. The lowest BCUT2D eigenvalue weighted by Crippen LogP contribution is -2.29. The zero-order valence-electron chi connectivity index (χ0n) is 14.9. The Labute approximate surface area is 155 Å². The van der Waals surface area contributed by atoms with Gasteiger partial charge in [0.25, 0.3) is 0 Å². The van der Waals surface area contributed by atoms with Crippen LogP contribution in [0, 0.1) is 12.7 Å².